The van der Waals surface area contributed by atoms with E-state index in [9.17, 15) is 9.59 Å². The normalized spacial score (nSPS) is 21.7. The Morgan fingerprint density at radius 1 is 0.892 bits per heavy atom. The number of hydrogen-bond donors (Lipinski definition) is 3. The Labute approximate surface area is 219 Å². The number of anilines is 1. The van der Waals surface area contributed by atoms with Gasteiger partial charge in [0.2, 0.25) is 0 Å². The number of carbonyl (C=O) groups excluding carboxylic acids is 2. The first-order valence-corrected chi connectivity index (χ1v) is 13.3. The summed E-state index contributed by atoms with van der Waals surface area (Å²) in [5, 5.41) is 9.85. The highest BCUT2D eigenvalue weighted by Crippen LogP contribution is 2.32. The van der Waals surface area contributed by atoms with Gasteiger partial charge in [-0.2, -0.15) is 0 Å². The number of nitrogens with one attached hydrogen (secondary N) is 3. The Morgan fingerprint density at radius 2 is 1.57 bits per heavy atom. The molecule has 3 aromatic carbocycles. The number of hydrogen-bond acceptors (Lipinski definition) is 4. The van der Waals surface area contributed by atoms with E-state index in [1.54, 1.807) is 0 Å². The van der Waals surface area contributed by atoms with E-state index in [1.165, 1.54) is 5.56 Å². The van der Waals surface area contributed by atoms with Crippen molar-refractivity contribution in [3.8, 4) is 0 Å². The van der Waals surface area contributed by atoms with Crippen molar-refractivity contribution >= 4 is 17.5 Å². The molecule has 5 rings (SSSR count). The number of fused-ring (bicyclic) bond motifs is 1. The Balaban J connectivity index is 1.24. The zero-order valence-electron chi connectivity index (χ0n) is 21.8. The summed E-state index contributed by atoms with van der Waals surface area (Å²) in [6.45, 7) is 8.29. The molecule has 1 saturated heterocycles. The standard InChI is InChI=1S/C31H36N4O2/c1-20-18-35(19-21(2)32-20)27-14-11-25(12-15-27)30(36)34-29-16-13-24-9-10-26(17-28(24)29)31(37)33-22(3)23-7-5-4-6-8-23/h4-12,14-15,17,20-22,29,32H,13,16,18-19H2,1-3H3,(H,33,37)(H,34,36). The lowest BCUT2D eigenvalue weighted by atomic mass is 10.0. The van der Waals surface area contributed by atoms with E-state index in [2.05, 4.69) is 34.7 Å². The lowest BCUT2D eigenvalue weighted by Gasteiger charge is -2.37. The van der Waals surface area contributed by atoms with Crippen LogP contribution in [0.15, 0.2) is 72.8 Å². The summed E-state index contributed by atoms with van der Waals surface area (Å²) in [5.74, 6) is -0.192. The summed E-state index contributed by atoms with van der Waals surface area (Å²) < 4.78 is 0. The van der Waals surface area contributed by atoms with Crippen LogP contribution in [0.2, 0.25) is 0 Å². The molecular weight excluding hydrogens is 460 g/mol. The summed E-state index contributed by atoms with van der Waals surface area (Å²) in [4.78, 5) is 28.5. The van der Waals surface area contributed by atoms with Crippen LogP contribution in [0.5, 0.6) is 0 Å². The molecule has 2 amide bonds. The number of rotatable bonds is 6. The van der Waals surface area contributed by atoms with Crippen LogP contribution in [0.1, 0.15) is 76.7 Å². The molecule has 1 aliphatic carbocycles. The minimum atomic E-state index is -0.108. The third kappa shape index (κ3) is 5.70. The molecule has 1 aliphatic heterocycles. The van der Waals surface area contributed by atoms with Crippen LogP contribution >= 0.6 is 0 Å². The highest BCUT2D eigenvalue weighted by Gasteiger charge is 2.26. The van der Waals surface area contributed by atoms with Gasteiger partial charge in [-0.1, -0.05) is 36.4 Å². The summed E-state index contributed by atoms with van der Waals surface area (Å²) in [7, 11) is 0. The number of nitrogens with zero attached hydrogens (tertiary/aromatic N) is 1. The number of carbonyl (C=O) groups is 2. The van der Waals surface area contributed by atoms with Crippen LogP contribution < -0.4 is 20.9 Å². The van der Waals surface area contributed by atoms with Crippen molar-refractivity contribution < 1.29 is 9.59 Å². The van der Waals surface area contributed by atoms with Crippen LogP contribution in [-0.2, 0) is 6.42 Å². The number of amides is 2. The maximum atomic E-state index is 13.1. The number of benzene rings is 3. The van der Waals surface area contributed by atoms with Gasteiger partial charge < -0.3 is 20.9 Å². The van der Waals surface area contributed by atoms with E-state index in [0.29, 0.717) is 23.2 Å². The van der Waals surface area contributed by atoms with Gasteiger partial charge in [-0.15, -0.1) is 0 Å². The Bertz CT molecular complexity index is 1250. The van der Waals surface area contributed by atoms with Crippen molar-refractivity contribution in [3.05, 3.63) is 101 Å². The smallest absolute Gasteiger partial charge is 0.251 e. The van der Waals surface area contributed by atoms with E-state index in [0.717, 1.165) is 42.7 Å². The van der Waals surface area contributed by atoms with Crippen LogP contribution in [0.25, 0.3) is 0 Å². The van der Waals surface area contributed by atoms with Crippen LogP contribution in [-0.4, -0.2) is 37.0 Å². The van der Waals surface area contributed by atoms with E-state index < -0.39 is 0 Å². The van der Waals surface area contributed by atoms with Gasteiger partial charge >= 0.3 is 0 Å². The minimum Gasteiger partial charge on any atom is -0.368 e. The van der Waals surface area contributed by atoms with Crippen LogP contribution in [0, 0.1) is 0 Å². The first-order valence-electron chi connectivity index (χ1n) is 13.3. The quantitative estimate of drug-likeness (QED) is 0.459. The van der Waals surface area contributed by atoms with Crippen LogP contribution in [0.3, 0.4) is 0 Å². The molecule has 4 atom stereocenters. The van der Waals surface area contributed by atoms with E-state index in [1.807, 2.05) is 79.7 Å². The largest absolute Gasteiger partial charge is 0.368 e. The number of piperazine rings is 1. The molecule has 0 saturated carbocycles. The molecule has 192 valence electrons. The molecule has 0 aromatic heterocycles. The molecule has 6 heteroatoms. The fourth-order valence-electron chi connectivity index (χ4n) is 5.60. The summed E-state index contributed by atoms with van der Waals surface area (Å²) in [6.07, 6.45) is 1.72. The molecule has 4 unspecified atom stereocenters. The first kappa shape index (κ1) is 25.0. The van der Waals surface area contributed by atoms with Crippen molar-refractivity contribution in [1.29, 1.82) is 0 Å². The van der Waals surface area contributed by atoms with Gasteiger partial charge in [0.05, 0.1) is 12.1 Å². The predicted molar refractivity (Wildman–Crippen MR) is 148 cm³/mol. The molecule has 0 spiro atoms. The van der Waals surface area contributed by atoms with Crippen LogP contribution in [0.4, 0.5) is 5.69 Å². The second-order valence-corrected chi connectivity index (χ2v) is 10.5. The van der Waals surface area contributed by atoms with Gasteiger partial charge in [0.1, 0.15) is 0 Å². The van der Waals surface area contributed by atoms with Crippen molar-refractivity contribution in [2.75, 3.05) is 18.0 Å². The Morgan fingerprint density at radius 3 is 2.27 bits per heavy atom. The fraction of sp³-hybridized carbons (Fsp3) is 0.355. The van der Waals surface area contributed by atoms with Crippen molar-refractivity contribution in [2.24, 2.45) is 0 Å². The van der Waals surface area contributed by atoms with Crippen molar-refractivity contribution in [1.82, 2.24) is 16.0 Å². The maximum Gasteiger partial charge on any atom is 0.251 e. The summed E-state index contributed by atoms with van der Waals surface area (Å²) in [5.41, 5.74) is 5.70. The van der Waals surface area contributed by atoms with E-state index in [-0.39, 0.29) is 23.9 Å². The molecule has 1 fully saturated rings. The molecular formula is C31H36N4O2. The predicted octanol–water partition coefficient (Wildman–Crippen LogP) is 4.78. The zero-order chi connectivity index (χ0) is 25.9. The monoisotopic (exact) mass is 496 g/mol. The average Bonchev–Trinajstić information content (AvgIpc) is 3.30. The average molecular weight is 497 g/mol. The maximum absolute atomic E-state index is 13.1. The van der Waals surface area contributed by atoms with Gasteiger partial charge in [-0.05, 0) is 86.7 Å². The van der Waals surface area contributed by atoms with Crippen molar-refractivity contribution in [3.63, 3.8) is 0 Å². The molecule has 2 aliphatic rings. The molecule has 6 nitrogen and oxygen atoms in total. The summed E-state index contributed by atoms with van der Waals surface area (Å²) in [6, 6.07) is 24.4. The lowest BCUT2D eigenvalue weighted by molar-refractivity contribution is 0.0932. The highest BCUT2D eigenvalue weighted by molar-refractivity contribution is 5.96. The summed E-state index contributed by atoms with van der Waals surface area (Å²) >= 11 is 0. The second kappa shape index (κ2) is 10.8. The third-order valence-electron chi connectivity index (χ3n) is 7.49. The zero-order valence-corrected chi connectivity index (χ0v) is 21.8. The Hall–Kier alpha value is -3.64. The third-order valence-corrected chi connectivity index (χ3v) is 7.49. The second-order valence-electron chi connectivity index (χ2n) is 10.5. The molecule has 0 radical (unpaired) electrons. The molecule has 3 N–H and O–H groups in total. The van der Waals surface area contributed by atoms with E-state index in [4.69, 9.17) is 0 Å². The van der Waals surface area contributed by atoms with Gasteiger partial charge in [0.15, 0.2) is 0 Å². The molecule has 37 heavy (non-hydrogen) atoms. The van der Waals surface area contributed by atoms with Gasteiger partial charge in [-0.3, -0.25) is 9.59 Å². The molecule has 0 bridgehead atoms. The Kier molecular flexibility index (Phi) is 7.28. The molecule has 1 heterocycles. The number of aryl methyl sites for hydroxylation is 1. The first-order chi connectivity index (χ1) is 17.9. The molecule has 3 aromatic rings. The van der Waals surface area contributed by atoms with E-state index >= 15 is 0 Å². The fourth-order valence-corrected chi connectivity index (χ4v) is 5.60. The van der Waals surface area contributed by atoms with Gasteiger partial charge in [-0.25, -0.2) is 0 Å². The van der Waals surface area contributed by atoms with Gasteiger partial charge in [0.25, 0.3) is 11.8 Å². The minimum absolute atomic E-state index is 0.0843. The highest BCUT2D eigenvalue weighted by atomic mass is 16.2. The topological polar surface area (TPSA) is 73.5 Å². The van der Waals surface area contributed by atoms with Crippen molar-refractivity contribution in [2.45, 2.75) is 57.8 Å². The SMILES string of the molecule is CC1CN(c2ccc(C(=O)NC3CCc4ccc(C(=O)NC(C)c5ccccc5)cc43)cc2)CC(C)N1. The van der Waals surface area contributed by atoms with Gasteiger partial charge in [0, 0.05) is 42.0 Å². The lowest BCUT2D eigenvalue weighted by Crippen LogP contribution is -2.54.